The van der Waals surface area contributed by atoms with Crippen molar-refractivity contribution in [2.45, 2.75) is 31.7 Å². The van der Waals surface area contributed by atoms with Crippen molar-refractivity contribution in [3.8, 4) is 5.75 Å². The van der Waals surface area contributed by atoms with Crippen LogP contribution in [0.2, 0.25) is 19.6 Å². The molecular weight excluding hydrogens is 412 g/mol. The monoisotopic (exact) mass is 440 g/mol. The number of ether oxygens (including phenoxy) is 1. The van der Waals surface area contributed by atoms with Gasteiger partial charge in [0.05, 0.1) is 15.2 Å². The summed E-state index contributed by atoms with van der Waals surface area (Å²) in [4.78, 5) is 37.1. The Morgan fingerprint density at radius 3 is 2.23 bits per heavy atom. The van der Waals surface area contributed by atoms with Crippen LogP contribution < -0.4 is 31.2 Å². The van der Waals surface area contributed by atoms with Gasteiger partial charge in [-0.15, -0.1) is 0 Å². The van der Waals surface area contributed by atoms with E-state index in [9.17, 15) is 14.4 Å². The molecule has 4 amide bonds. The summed E-state index contributed by atoms with van der Waals surface area (Å²) in [6, 6.07) is 12.6. The van der Waals surface area contributed by atoms with Crippen molar-refractivity contribution in [1.29, 1.82) is 0 Å². The van der Waals surface area contributed by atoms with Crippen LogP contribution in [0, 0.1) is 0 Å². The Hall–Kier alpha value is -3.33. The maximum Gasteiger partial charge on any atom is 0.315 e. The lowest BCUT2D eigenvalue weighted by Gasteiger charge is -2.21. The van der Waals surface area contributed by atoms with E-state index in [-0.39, 0.29) is 12.5 Å². The Balaban J connectivity index is 1.79. The molecule has 2 atom stereocenters. The maximum absolute atomic E-state index is 13.1. The smallest absolute Gasteiger partial charge is 0.315 e. The van der Waals surface area contributed by atoms with Crippen LogP contribution in [0.25, 0.3) is 0 Å². The first-order chi connectivity index (χ1) is 14.7. The molecule has 1 aliphatic heterocycles. The summed E-state index contributed by atoms with van der Waals surface area (Å²) in [6.45, 7) is 6.94. The van der Waals surface area contributed by atoms with Crippen LogP contribution in [-0.4, -0.2) is 45.6 Å². The van der Waals surface area contributed by atoms with Crippen molar-refractivity contribution in [2.75, 3.05) is 19.0 Å². The van der Waals surface area contributed by atoms with Crippen molar-refractivity contribution in [2.24, 2.45) is 0 Å². The Labute approximate surface area is 182 Å². The van der Waals surface area contributed by atoms with E-state index in [0.717, 1.165) is 0 Å². The summed E-state index contributed by atoms with van der Waals surface area (Å²) < 4.78 is 5.18. The van der Waals surface area contributed by atoms with Crippen LogP contribution in [0.15, 0.2) is 48.5 Å². The van der Waals surface area contributed by atoms with E-state index in [0.29, 0.717) is 17.0 Å². The number of benzene rings is 2. The number of amides is 4. The molecule has 2 aromatic rings. The minimum atomic E-state index is -1.44. The predicted octanol–water partition coefficient (Wildman–Crippen LogP) is 1.72. The maximum atomic E-state index is 13.1. The number of nitrogens with one attached hydrogen (secondary N) is 4. The topological polar surface area (TPSA) is 109 Å². The molecule has 1 aliphatic rings. The molecule has 164 valence electrons. The quantitative estimate of drug-likeness (QED) is 0.492. The second kappa shape index (κ2) is 9.21. The van der Waals surface area contributed by atoms with E-state index < -0.39 is 32.1 Å². The lowest BCUT2D eigenvalue weighted by atomic mass is 10.0. The molecule has 0 aromatic heterocycles. The third-order valence-electron chi connectivity index (χ3n) is 5.10. The Kier molecular flexibility index (Phi) is 6.64. The van der Waals surface area contributed by atoms with Crippen molar-refractivity contribution in [3.05, 3.63) is 54.1 Å². The molecule has 0 spiro atoms. The van der Waals surface area contributed by atoms with E-state index in [1.807, 2.05) is 24.3 Å². The van der Waals surface area contributed by atoms with Crippen LogP contribution in [-0.2, 0) is 9.59 Å². The number of carbonyl (C=O) groups excluding carboxylic acids is 3. The molecule has 31 heavy (non-hydrogen) atoms. The third-order valence-corrected chi connectivity index (χ3v) is 7.17. The number of methoxy groups -OCH3 is 1. The molecule has 1 heterocycles. The largest absolute Gasteiger partial charge is 0.497 e. The minimum absolute atomic E-state index is 0.166. The van der Waals surface area contributed by atoms with E-state index >= 15 is 0 Å². The Morgan fingerprint density at radius 1 is 1.06 bits per heavy atom. The molecule has 1 saturated heterocycles. The zero-order chi connectivity index (χ0) is 22.6. The van der Waals surface area contributed by atoms with E-state index in [1.54, 1.807) is 31.4 Å². The van der Waals surface area contributed by atoms with E-state index in [4.69, 9.17) is 4.74 Å². The highest BCUT2D eigenvalue weighted by Crippen LogP contribution is 2.20. The number of anilines is 1. The van der Waals surface area contributed by atoms with Gasteiger partial charge in [-0.05, 0) is 29.8 Å². The average Bonchev–Trinajstić information content (AvgIpc) is 3.18. The highest BCUT2D eigenvalue weighted by Gasteiger charge is 2.31. The van der Waals surface area contributed by atoms with Crippen molar-refractivity contribution < 1.29 is 19.1 Å². The van der Waals surface area contributed by atoms with Gasteiger partial charge < -0.3 is 26.0 Å². The summed E-state index contributed by atoms with van der Waals surface area (Å²) in [6.07, 6.45) is 0. The Morgan fingerprint density at radius 2 is 1.71 bits per heavy atom. The first-order valence-electron chi connectivity index (χ1n) is 10.1. The molecule has 3 rings (SSSR count). The van der Waals surface area contributed by atoms with Gasteiger partial charge in [-0.25, -0.2) is 4.79 Å². The highest BCUT2D eigenvalue weighted by molar-refractivity contribution is 6.88. The SMILES string of the molecule is COc1ccc(C(NC(=O)C2CNC(=O)N2)C(=O)Nc2ccc([Si](C)(C)C)cc2)cc1. The molecule has 9 heteroatoms. The van der Waals surface area contributed by atoms with Gasteiger partial charge in [0, 0.05) is 12.2 Å². The zero-order valence-corrected chi connectivity index (χ0v) is 19.1. The third kappa shape index (κ3) is 5.63. The zero-order valence-electron chi connectivity index (χ0n) is 18.1. The first-order valence-corrected chi connectivity index (χ1v) is 13.6. The van der Waals surface area contributed by atoms with Gasteiger partial charge in [0.25, 0.3) is 5.91 Å². The summed E-state index contributed by atoms with van der Waals surface area (Å²) >= 11 is 0. The average molecular weight is 441 g/mol. The summed E-state index contributed by atoms with van der Waals surface area (Å²) in [5.74, 6) is -0.177. The van der Waals surface area contributed by atoms with Gasteiger partial charge in [-0.1, -0.05) is 49.1 Å². The molecule has 8 nitrogen and oxygen atoms in total. The van der Waals surface area contributed by atoms with E-state index in [1.165, 1.54) is 5.19 Å². The van der Waals surface area contributed by atoms with Gasteiger partial charge in [0.2, 0.25) is 5.91 Å². The molecule has 0 bridgehead atoms. The fourth-order valence-corrected chi connectivity index (χ4v) is 4.39. The number of hydrogen-bond donors (Lipinski definition) is 4. The number of hydrogen-bond acceptors (Lipinski definition) is 4. The van der Waals surface area contributed by atoms with Crippen LogP contribution in [0.1, 0.15) is 11.6 Å². The Bertz CT molecular complexity index is 955. The lowest BCUT2D eigenvalue weighted by Crippen LogP contribution is -2.47. The normalized spacial score (nSPS) is 16.6. The number of carbonyl (C=O) groups is 3. The van der Waals surface area contributed by atoms with Gasteiger partial charge in [0.15, 0.2) is 0 Å². The van der Waals surface area contributed by atoms with Crippen molar-refractivity contribution >= 4 is 36.8 Å². The minimum Gasteiger partial charge on any atom is -0.497 e. The van der Waals surface area contributed by atoms with Crippen LogP contribution in [0.4, 0.5) is 10.5 Å². The lowest BCUT2D eigenvalue weighted by molar-refractivity contribution is -0.127. The molecule has 2 unspecified atom stereocenters. The van der Waals surface area contributed by atoms with Crippen LogP contribution >= 0.6 is 0 Å². The van der Waals surface area contributed by atoms with E-state index in [2.05, 4.69) is 40.9 Å². The molecular formula is C22H28N4O4Si. The summed E-state index contributed by atoms with van der Waals surface area (Å²) in [5, 5.41) is 12.0. The number of rotatable bonds is 7. The first kappa shape index (κ1) is 22.4. The summed E-state index contributed by atoms with van der Waals surface area (Å²) in [7, 11) is 0.112. The van der Waals surface area contributed by atoms with Crippen LogP contribution in [0.5, 0.6) is 5.75 Å². The molecule has 0 radical (unpaired) electrons. The molecule has 2 aromatic carbocycles. The van der Waals surface area contributed by atoms with Crippen LogP contribution in [0.3, 0.4) is 0 Å². The summed E-state index contributed by atoms with van der Waals surface area (Å²) in [5.41, 5.74) is 1.25. The van der Waals surface area contributed by atoms with Crippen molar-refractivity contribution in [3.63, 3.8) is 0 Å². The van der Waals surface area contributed by atoms with Gasteiger partial charge >= 0.3 is 6.03 Å². The number of urea groups is 1. The second-order valence-electron chi connectivity index (χ2n) is 8.44. The van der Waals surface area contributed by atoms with Gasteiger partial charge in [0.1, 0.15) is 17.8 Å². The fourth-order valence-electron chi connectivity index (χ4n) is 3.22. The van der Waals surface area contributed by atoms with Gasteiger partial charge in [-0.2, -0.15) is 0 Å². The highest BCUT2D eigenvalue weighted by atomic mass is 28.3. The van der Waals surface area contributed by atoms with Crippen molar-refractivity contribution in [1.82, 2.24) is 16.0 Å². The molecule has 0 aliphatic carbocycles. The molecule has 0 saturated carbocycles. The standard InChI is InChI=1S/C22H28N4O4Si/c1-30-16-9-5-14(6-10-16)19(26-20(27)18-13-23-22(29)25-18)21(28)24-15-7-11-17(12-8-15)31(2,3)4/h5-12,18-19H,13H2,1-4H3,(H,24,28)(H,26,27)(H2,23,25,29). The fraction of sp³-hybridized carbons (Fsp3) is 0.318. The molecule has 1 fully saturated rings. The van der Waals surface area contributed by atoms with Gasteiger partial charge in [-0.3, -0.25) is 9.59 Å². The second-order valence-corrected chi connectivity index (χ2v) is 13.5. The predicted molar refractivity (Wildman–Crippen MR) is 122 cm³/mol. The molecule has 4 N–H and O–H groups in total.